The molecule has 0 saturated heterocycles. The SMILES string of the molecule is C#CC(OC(=O)C1C(/C=C(\C)Cl)C1(C)C)c1cccc(Oc2ccccc2)c1. The summed E-state index contributed by atoms with van der Waals surface area (Å²) in [6, 6.07) is 16.7. The molecule has 3 nitrogen and oxygen atoms in total. The summed E-state index contributed by atoms with van der Waals surface area (Å²) < 4.78 is 11.5. The summed E-state index contributed by atoms with van der Waals surface area (Å²) in [7, 11) is 0. The van der Waals surface area contributed by atoms with Crippen LogP contribution >= 0.6 is 11.6 Å². The summed E-state index contributed by atoms with van der Waals surface area (Å²) in [5, 5.41) is 0.674. The molecular weight excluding hydrogens is 372 g/mol. The fourth-order valence-electron chi connectivity index (χ4n) is 3.44. The van der Waals surface area contributed by atoms with Gasteiger partial charge in [-0.1, -0.05) is 67.8 Å². The molecule has 2 aromatic carbocycles. The highest BCUT2D eigenvalue weighted by molar-refractivity contribution is 6.29. The fraction of sp³-hybridized carbons (Fsp3) is 0.292. The van der Waals surface area contributed by atoms with Crippen LogP contribution in [0, 0.1) is 29.6 Å². The highest BCUT2D eigenvalue weighted by Gasteiger charge is 2.61. The normalized spacial score (nSPS) is 21.3. The van der Waals surface area contributed by atoms with E-state index in [4.69, 9.17) is 27.5 Å². The van der Waals surface area contributed by atoms with Crippen LogP contribution in [0.5, 0.6) is 11.5 Å². The Morgan fingerprint density at radius 3 is 2.50 bits per heavy atom. The Morgan fingerprint density at radius 2 is 1.86 bits per heavy atom. The number of carbonyl (C=O) groups is 1. The highest BCUT2D eigenvalue weighted by Crippen LogP contribution is 2.60. The number of benzene rings is 2. The minimum atomic E-state index is -0.773. The molecule has 1 aliphatic carbocycles. The first-order valence-electron chi connectivity index (χ1n) is 9.16. The van der Waals surface area contributed by atoms with Crippen LogP contribution in [-0.4, -0.2) is 5.97 Å². The van der Waals surface area contributed by atoms with Gasteiger partial charge in [0.2, 0.25) is 0 Å². The molecule has 0 N–H and O–H groups in total. The molecule has 28 heavy (non-hydrogen) atoms. The number of terminal acetylenes is 1. The van der Waals surface area contributed by atoms with E-state index >= 15 is 0 Å². The van der Waals surface area contributed by atoms with Crippen molar-refractivity contribution in [1.82, 2.24) is 0 Å². The predicted octanol–water partition coefficient (Wildman–Crippen LogP) is 6.11. The van der Waals surface area contributed by atoms with Crippen LogP contribution in [0.4, 0.5) is 0 Å². The molecule has 0 radical (unpaired) electrons. The third-order valence-electron chi connectivity index (χ3n) is 5.10. The molecular formula is C24H23ClO3. The number of allylic oxidation sites excluding steroid dienone is 2. The average Bonchev–Trinajstić information content (AvgIpc) is 3.20. The van der Waals surface area contributed by atoms with Gasteiger partial charge in [-0.3, -0.25) is 4.79 Å². The first-order valence-corrected chi connectivity index (χ1v) is 9.54. The van der Waals surface area contributed by atoms with E-state index in [1.165, 1.54) is 0 Å². The van der Waals surface area contributed by atoms with Crippen molar-refractivity contribution in [2.45, 2.75) is 26.9 Å². The van der Waals surface area contributed by atoms with Gasteiger partial charge < -0.3 is 9.47 Å². The van der Waals surface area contributed by atoms with Crippen LogP contribution in [0.25, 0.3) is 0 Å². The molecule has 3 unspecified atom stereocenters. The lowest BCUT2D eigenvalue weighted by atomic mass is 10.1. The van der Waals surface area contributed by atoms with Crippen molar-refractivity contribution < 1.29 is 14.3 Å². The zero-order valence-corrected chi connectivity index (χ0v) is 16.9. The van der Waals surface area contributed by atoms with Gasteiger partial charge in [-0.05, 0) is 42.5 Å². The Bertz CT molecular complexity index is 920. The lowest BCUT2D eigenvalue weighted by molar-refractivity contribution is -0.149. The number of hydrogen-bond donors (Lipinski definition) is 0. The summed E-state index contributed by atoms with van der Waals surface area (Å²) in [4.78, 5) is 12.7. The zero-order chi connectivity index (χ0) is 20.3. The second-order valence-electron chi connectivity index (χ2n) is 7.55. The van der Waals surface area contributed by atoms with Crippen molar-refractivity contribution in [3.05, 3.63) is 71.3 Å². The topological polar surface area (TPSA) is 35.5 Å². The molecule has 0 amide bonds. The van der Waals surface area contributed by atoms with E-state index in [1.54, 1.807) is 13.0 Å². The number of halogens is 1. The van der Waals surface area contributed by atoms with Gasteiger partial charge in [-0.15, -0.1) is 6.42 Å². The molecule has 3 atom stereocenters. The van der Waals surface area contributed by atoms with Crippen molar-refractivity contribution in [2.75, 3.05) is 0 Å². The number of carbonyl (C=O) groups excluding carboxylic acids is 1. The number of rotatable bonds is 6. The maximum Gasteiger partial charge on any atom is 0.311 e. The molecule has 0 bridgehead atoms. The van der Waals surface area contributed by atoms with Crippen molar-refractivity contribution in [3.8, 4) is 23.8 Å². The Labute approximate surface area is 171 Å². The second-order valence-corrected chi connectivity index (χ2v) is 8.15. The number of para-hydroxylation sites is 1. The van der Waals surface area contributed by atoms with Gasteiger partial charge >= 0.3 is 5.97 Å². The summed E-state index contributed by atoms with van der Waals surface area (Å²) in [6.07, 6.45) is 6.79. The van der Waals surface area contributed by atoms with Crippen molar-refractivity contribution in [2.24, 2.45) is 17.3 Å². The largest absolute Gasteiger partial charge is 0.457 e. The molecule has 0 spiro atoms. The third-order valence-corrected chi connectivity index (χ3v) is 5.22. The standard InChI is InChI=1S/C24H23ClO3/c1-5-21(28-23(26)22-20(14-16(2)25)24(22,3)4)17-10-9-13-19(15-17)27-18-11-7-6-8-12-18/h1,6-15,20-22H,2-4H3/b16-14+. The minimum absolute atomic E-state index is 0.0590. The van der Waals surface area contributed by atoms with Crippen molar-refractivity contribution in [3.63, 3.8) is 0 Å². The molecule has 144 valence electrons. The van der Waals surface area contributed by atoms with Crippen molar-refractivity contribution in [1.29, 1.82) is 0 Å². The molecule has 0 heterocycles. The summed E-state index contributed by atoms with van der Waals surface area (Å²) in [5.74, 6) is 3.42. The molecule has 1 fully saturated rings. The van der Waals surface area contributed by atoms with Crippen LogP contribution in [0.15, 0.2) is 65.7 Å². The van der Waals surface area contributed by atoms with Gasteiger partial charge in [-0.25, -0.2) is 0 Å². The smallest absolute Gasteiger partial charge is 0.311 e. The molecule has 0 aromatic heterocycles. The second kappa shape index (κ2) is 8.12. The molecule has 0 aliphatic heterocycles. The summed E-state index contributed by atoms with van der Waals surface area (Å²) in [5.41, 5.74) is 0.508. The Kier molecular flexibility index (Phi) is 5.82. The van der Waals surface area contributed by atoms with E-state index in [1.807, 2.05) is 68.5 Å². The highest BCUT2D eigenvalue weighted by atomic mass is 35.5. The van der Waals surface area contributed by atoms with Crippen molar-refractivity contribution >= 4 is 17.6 Å². The van der Waals surface area contributed by atoms with E-state index in [-0.39, 0.29) is 23.2 Å². The lowest BCUT2D eigenvalue weighted by Gasteiger charge is -2.15. The third kappa shape index (κ3) is 4.40. The van der Waals surface area contributed by atoms with Crippen LogP contribution in [0.2, 0.25) is 0 Å². The van der Waals surface area contributed by atoms with E-state index < -0.39 is 6.10 Å². The maximum absolute atomic E-state index is 12.7. The van der Waals surface area contributed by atoms with Crippen LogP contribution in [-0.2, 0) is 9.53 Å². The number of esters is 1. The van der Waals surface area contributed by atoms with E-state index in [0.717, 1.165) is 5.75 Å². The van der Waals surface area contributed by atoms with Gasteiger partial charge in [0, 0.05) is 10.6 Å². The van der Waals surface area contributed by atoms with E-state index in [9.17, 15) is 4.79 Å². The van der Waals surface area contributed by atoms with E-state index in [0.29, 0.717) is 16.3 Å². The molecule has 3 rings (SSSR count). The lowest BCUT2D eigenvalue weighted by Crippen LogP contribution is -2.14. The van der Waals surface area contributed by atoms with Crippen LogP contribution in [0.1, 0.15) is 32.4 Å². The summed E-state index contributed by atoms with van der Waals surface area (Å²) in [6.45, 7) is 5.86. The summed E-state index contributed by atoms with van der Waals surface area (Å²) >= 11 is 5.99. The molecule has 2 aromatic rings. The Balaban J connectivity index is 1.72. The Morgan fingerprint density at radius 1 is 1.18 bits per heavy atom. The fourth-order valence-corrected chi connectivity index (χ4v) is 3.58. The van der Waals surface area contributed by atoms with Crippen LogP contribution < -0.4 is 4.74 Å². The first-order chi connectivity index (χ1) is 13.3. The van der Waals surface area contributed by atoms with E-state index in [2.05, 4.69) is 5.92 Å². The van der Waals surface area contributed by atoms with Gasteiger partial charge in [0.05, 0.1) is 5.92 Å². The van der Waals surface area contributed by atoms with Gasteiger partial charge in [0.1, 0.15) is 11.5 Å². The zero-order valence-electron chi connectivity index (χ0n) is 16.2. The Hall–Kier alpha value is -2.70. The number of ether oxygens (including phenoxy) is 2. The van der Waals surface area contributed by atoms with Crippen LogP contribution in [0.3, 0.4) is 0 Å². The van der Waals surface area contributed by atoms with Gasteiger partial charge in [0.25, 0.3) is 0 Å². The molecule has 4 heteroatoms. The molecule has 1 saturated carbocycles. The molecule has 1 aliphatic rings. The van der Waals surface area contributed by atoms with Gasteiger partial charge in [0.15, 0.2) is 6.10 Å². The maximum atomic E-state index is 12.7. The first kappa shape index (κ1) is 20.0. The van der Waals surface area contributed by atoms with Gasteiger partial charge in [-0.2, -0.15) is 0 Å². The minimum Gasteiger partial charge on any atom is -0.457 e. The predicted molar refractivity (Wildman–Crippen MR) is 111 cm³/mol. The average molecular weight is 395 g/mol. The monoisotopic (exact) mass is 394 g/mol. The number of hydrogen-bond acceptors (Lipinski definition) is 3. The quantitative estimate of drug-likeness (QED) is 0.438.